The first-order valence-electron chi connectivity index (χ1n) is 10.2. The molecule has 3 aromatic carbocycles. The number of Topliss-reactive ketones (excluding diaryl/α,β-unsaturated/α-hetero) is 2. The molecule has 0 radical (unpaired) electrons. The van der Waals surface area contributed by atoms with Crippen LogP contribution in [0.2, 0.25) is 0 Å². The lowest BCUT2D eigenvalue weighted by atomic mass is 9.88. The molecule has 0 saturated carbocycles. The van der Waals surface area contributed by atoms with E-state index in [4.69, 9.17) is 8.83 Å². The maximum absolute atomic E-state index is 13.4. The highest BCUT2D eigenvalue weighted by molar-refractivity contribution is 6.17. The van der Waals surface area contributed by atoms with Crippen LogP contribution in [0.3, 0.4) is 0 Å². The van der Waals surface area contributed by atoms with Crippen LogP contribution in [0.5, 0.6) is 11.5 Å². The molecule has 8 heteroatoms. The summed E-state index contributed by atoms with van der Waals surface area (Å²) in [5, 5.41) is 19.6. The van der Waals surface area contributed by atoms with Gasteiger partial charge < -0.3 is 19.0 Å². The Bertz CT molecular complexity index is 1820. The Kier molecular flexibility index (Phi) is 4.61. The molecule has 8 nitrogen and oxygen atoms in total. The number of benzene rings is 3. The molecule has 0 aliphatic rings. The minimum atomic E-state index is -0.537. The number of aromatic hydroxyl groups is 2. The fourth-order valence-electron chi connectivity index (χ4n) is 4.16. The highest BCUT2D eigenvalue weighted by atomic mass is 16.3. The van der Waals surface area contributed by atoms with Gasteiger partial charge in [0.15, 0.2) is 11.6 Å². The van der Waals surface area contributed by atoms with Gasteiger partial charge in [-0.05, 0) is 50.2 Å². The summed E-state index contributed by atoms with van der Waals surface area (Å²) >= 11 is 0. The van der Waals surface area contributed by atoms with E-state index < -0.39 is 22.4 Å². The van der Waals surface area contributed by atoms with Crippen molar-refractivity contribution >= 4 is 44.5 Å². The Labute approximate surface area is 190 Å². The maximum atomic E-state index is 13.4. The molecule has 0 aliphatic carbocycles. The summed E-state index contributed by atoms with van der Waals surface area (Å²) in [7, 11) is 0. The van der Waals surface area contributed by atoms with E-state index in [1.54, 1.807) is 0 Å². The number of rotatable bonds is 3. The van der Waals surface area contributed by atoms with Gasteiger partial charge in [-0.25, -0.2) is 0 Å². The molecule has 0 fully saturated rings. The summed E-state index contributed by atoms with van der Waals surface area (Å²) in [5.74, 6) is -1.26. The van der Waals surface area contributed by atoms with Crippen LogP contribution in [-0.4, -0.2) is 21.8 Å². The lowest BCUT2D eigenvalue weighted by Crippen LogP contribution is -2.14. The maximum Gasteiger partial charge on any atom is 0.200 e. The van der Waals surface area contributed by atoms with Gasteiger partial charge in [0.1, 0.15) is 34.5 Å². The molecule has 2 heterocycles. The van der Waals surface area contributed by atoms with Crippen LogP contribution >= 0.6 is 0 Å². The van der Waals surface area contributed by atoms with Crippen LogP contribution in [0, 0.1) is 0 Å². The molecule has 2 aromatic heterocycles. The number of carbonyl (C=O) groups excluding carboxylic acids is 2. The van der Waals surface area contributed by atoms with Crippen LogP contribution in [0.4, 0.5) is 0 Å². The molecule has 34 heavy (non-hydrogen) atoms. The van der Waals surface area contributed by atoms with Gasteiger partial charge in [-0.15, -0.1) is 0 Å². The van der Waals surface area contributed by atoms with E-state index in [0.717, 1.165) is 6.26 Å². The molecular formula is C26H16O8. The quantitative estimate of drug-likeness (QED) is 0.298. The van der Waals surface area contributed by atoms with Gasteiger partial charge in [-0.2, -0.15) is 0 Å². The summed E-state index contributed by atoms with van der Waals surface area (Å²) in [6, 6.07) is 9.23. The largest absolute Gasteiger partial charge is 0.508 e. The van der Waals surface area contributed by atoms with Crippen molar-refractivity contribution in [2.24, 2.45) is 0 Å². The van der Waals surface area contributed by atoms with Gasteiger partial charge >= 0.3 is 0 Å². The van der Waals surface area contributed by atoms with Gasteiger partial charge in [0, 0.05) is 17.2 Å². The van der Waals surface area contributed by atoms with E-state index in [9.17, 15) is 29.4 Å². The SMILES string of the molecule is CC(=O)c1cc2c(=O)c3cc(O)ccc3oc2c(C(C)=O)c1-c1coc2cc(O)ccc2c1=O. The first-order valence-corrected chi connectivity index (χ1v) is 10.2. The number of ketones is 2. The number of carbonyl (C=O) groups is 2. The normalized spacial score (nSPS) is 11.4. The Balaban J connectivity index is 2.00. The number of phenols is 2. The predicted molar refractivity (Wildman–Crippen MR) is 125 cm³/mol. The van der Waals surface area contributed by atoms with Crippen molar-refractivity contribution in [1.29, 1.82) is 0 Å². The summed E-state index contributed by atoms with van der Waals surface area (Å²) in [6.45, 7) is 2.49. The lowest BCUT2D eigenvalue weighted by molar-refractivity contribution is 0.101. The summed E-state index contributed by atoms with van der Waals surface area (Å²) in [5.41, 5.74) is -1.11. The van der Waals surface area contributed by atoms with Crippen LogP contribution in [0.15, 0.2) is 67.2 Å². The highest BCUT2D eigenvalue weighted by Gasteiger charge is 2.26. The second kappa shape index (κ2) is 7.41. The molecule has 0 aliphatic heterocycles. The van der Waals surface area contributed by atoms with Gasteiger partial charge in [0.2, 0.25) is 10.9 Å². The first-order chi connectivity index (χ1) is 16.2. The van der Waals surface area contributed by atoms with Gasteiger partial charge in [0.25, 0.3) is 0 Å². The summed E-state index contributed by atoms with van der Waals surface area (Å²) < 4.78 is 11.5. The minimum absolute atomic E-state index is 0.00231. The van der Waals surface area contributed by atoms with Crippen molar-refractivity contribution in [1.82, 2.24) is 0 Å². The second-order valence-corrected chi connectivity index (χ2v) is 7.93. The van der Waals surface area contributed by atoms with E-state index in [-0.39, 0.29) is 66.7 Å². The second-order valence-electron chi connectivity index (χ2n) is 7.93. The molecule has 2 N–H and O–H groups in total. The molecule has 0 amide bonds. The van der Waals surface area contributed by atoms with E-state index >= 15 is 0 Å². The lowest BCUT2D eigenvalue weighted by Gasteiger charge is -2.15. The van der Waals surface area contributed by atoms with Crippen molar-refractivity contribution in [3.05, 3.63) is 80.3 Å². The molecule has 0 spiro atoms. The average molecular weight is 456 g/mol. The fourth-order valence-corrected chi connectivity index (χ4v) is 4.16. The third-order valence-electron chi connectivity index (χ3n) is 5.70. The number of hydrogen-bond acceptors (Lipinski definition) is 8. The van der Waals surface area contributed by atoms with Crippen LogP contribution < -0.4 is 10.9 Å². The summed E-state index contributed by atoms with van der Waals surface area (Å²) in [4.78, 5) is 52.1. The molecule has 0 bridgehead atoms. The Hall–Kier alpha value is -4.72. The van der Waals surface area contributed by atoms with E-state index in [1.165, 1.54) is 56.3 Å². The molecule has 5 aromatic rings. The van der Waals surface area contributed by atoms with Crippen molar-refractivity contribution in [2.75, 3.05) is 0 Å². The fraction of sp³-hybridized carbons (Fsp3) is 0.0769. The van der Waals surface area contributed by atoms with E-state index in [0.29, 0.717) is 0 Å². The molecular weight excluding hydrogens is 440 g/mol. The topological polar surface area (TPSA) is 135 Å². The van der Waals surface area contributed by atoms with Crippen molar-refractivity contribution in [2.45, 2.75) is 13.8 Å². The standard InChI is InChI=1S/C26H16O8/c1-11(27)16-9-18-25(32)17-7-13(29)4-6-20(17)34-26(18)22(12(2)28)23(16)19-10-33-21-8-14(30)3-5-15(21)24(19)31/h3-10,29-30H,1-2H3. The highest BCUT2D eigenvalue weighted by Crippen LogP contribution is 2.35. The zero-order valence-electron chi connectivity index (χ0n) is 18.0. The van der Waals surface area contributed by atoms with Gasteiger partial charge in [-0.1, -0.05) is 0 Å². The average Bonchev–Trinajstić information content (AvgIpc) is 2.78. The van der Waals surface area contributed by atoms with Crippen molar-refractivity contribution < 1.29 is 28.6 Å². The zero-order valence-corrected chi connectivity index (χ0v) is 18.0. The number of fused-ring (bicyclic) bond motifs is 3. The smallest absolute Gasteiger partial charge is 0.200 e. The summed E-state index contributed by atoms with van der Waals surface area (Å²) in [6.07, 6.45) is 1.11. The zero-order chi connectivity index (χ0) is 24.3. The van der Waals surface area contributed by atoms with E-state index in [2.05, 4.69) is 0 Å². The molecule has 0 saturated heterocycles. The van der Waals surface area contributed by atoms with Crippen LogP contribution in [-0.2, 0) is 0 Å². The van der Waals surface area contributed by atoms with Crippen molar-refractivity contribution in [3.8, 4) is 22.6 Å². The monoisotopic (exact) mass is 456 g/mol. The third kappa shape index (κ3) is 3.07. The Morgan fingerprint density at radius 2 is 1.47 bits per heavy atom. The molecule has 0 unspecified atom stereocenters. The Morgan fingerprint density at radius 3 is 2.18 bits per heavy atom. The first kappa shape index (κ1) is 21.1. The predicted octanol–water partition coefficient (Wildman–Crippen LogP) is 4.54. The Morgan fingerprint density at radius 1 is 0.765 bits per heavy atom. The third-order valence-corrected chi connectivity index (χ3v) is 5.70. The molecule has 0 atom stereocenters. The number of phenolic OH excluding ortho intramolecular Hbond substituents is 2. The van der Waals surface area contributed by atoms with Crippen LogP contribution in [0.25, 0.3) is 44.0 Å². The molecule has 5 rings (SSSR count). The van der Waals surface area contributed by atoms with Crippen molar-refractivity contribution in [3.63, 3.8) is 0 Å². The van der Waals surface area contributed by atoms with Gasteiger partial charge in [-0.3, -0.25) is 19.2 Å². The van der Waals surface area contributed by atoms with E-state index in [1.807, 2.05) is 0 Å². The minimum Gasteiger partial charge on any atom is -0.508 e. The molecule has 168 valence electrons. The number of hydrogen-bond donors (Lipinski definition) is 2. The van der Waals surface area contributed by atoms with Gasteiger partial charge in [0.05, 0.1) is 27.3 Å². The van der Waals surface area contributed by atoms with Crippen LogP contribution in [0.1, 0.15) is 34.6 Å².